The zero-order valence-corrected chi connectivity index (χ0v) is 9.28. The van der Waals surface area contributed by atoms with Crippen LogP contribution >= 0.6 is 0 Å². The Morgan fingerprint density at radius 2 is 1.78 bits per heavy atom. The molecule has 0 bridgehead atoms. The number of carbonyl (C=O) groups excluding carboxylic acids is 2. The van der Waals surface area contributed by atoms with Gasteiger partial charge in [0, 0.05) is 12.4 Å². The monoisotopic (exact) mass is 242 g/mol. The smallest absolute Gasteiger partial charge is 0.261 e. The third-order valence-corrected chi connectivity index (χ3v) is 2.80. The molecule has 1 aliphatic heterocycles. The van der Waals surface area contributed by atoms with Crippen LogP contribution in [0.2, 0.25) is 0 Å². The summed E-state index contributed by atoms with van der Waals surface area (Å²) >= 11 is 0. The molecular weight excluding hydrogens is 234 g/mol. The van der Waals surface area contributed by atoms with E-state index in [9.17, 15) is 9.59 Å². The number of aromatic nitrogens is 4. The molecule has 1 aromatic carbocycles. The van der Waals surface area contributed by atoms with Gasteiger partial charge in [-0.25, -0.2) is 0 Å². The molecule has 2 heterocycles. The van der Waals surface area contributed by atoms with Crippen molar-refractivity contribution < 1.29 is 9.59 Å². The lowest BCUT2D eigenvalue weighted by atomic mass is 10.1. The van der Waals surface area contributed by atoms with Crippen molar-refractivity contribution in [3.8, 4) is 0 Å². The van der Waals surface area contributed by atoms with Crippen molar-refractivity contribution in [2.75, 3.05) is 6.54 Å². The number of tetrazole rings is 1. The molecule has 0 radical (unpaired) electrons. The third-order valence-electron chi connectivity index (χ3n) is 2.80. The Bertz CT molecular complexity index is 573. The first-order valence-electron chi connectivity index (χ1n) is 5.40. The highest BCUT2D eigenvalue weighted by atomic mass is 16.2. The molecule has 2 amide bonds. The summed E-state index contributed by atoms with van der Waals surface area (Å²) in [4.78, 5) is 25.2. The van der Waals surface area contributed by atoms with Crippen molar-refractivity contribution in [3.05, 3.63) is 41.2 Å². The minimum atomic E-state index is -0.275. The minimum absolute atomic E-state index is 0.236. The number of imide groups is 1. The molecule has 90 valence electrons. The summed E-state index contributed by atoms with van der Waals surface area (Å²) in [6.07, 6.45) is 0.360. The molecule has 0 saturated carbocycles. The van der Waals surface area contributed by atoms with E-state index >= 15 is 0 Å². The molecule has 0 saturated heterocycles. The molecule has 2 aromatic rings. The lowest BCUT2D eigenvalue weighted by Crippen LogP contribution is -2.32. The Balaban J connectivity index is 1.80. The van der Waals surface area contributed by atoms with Crippen LogP contribution in [0.15, 0.2) is 24.3 Å². The van der Waals surface area contributed by atoms with E-state index in [4.69, 9.17) is 0 Å². The first-order valence-corrected chi connectivity index (χ1v) is 5.40. The fourth-order valence-electron chi connectivity index (χ4n) is 1.92. The van der Waals surface area contributed by atoms with Crippen LogP contribution in [0.1, 0.15) is 26.5 Å². The molecule has 0 spiro atoms. The summed E-state index contributed by atoms with van der Waals surface area (Å²) in [6.45, 7) is 0.236. The van der Waals surface area contributed by atoms with E-state index in [1.54, 1.807) is 24.3 Å². The van der Waals surface area contributed by atoms with Gasteiger partial charge in [-0.1, -0.05) is 12.1 Å². The van der Waals surface area contributed by atoms with E-state index in [2.05, 4.69) is 20.6 Å². The number of nitrogens with zero attached hydrogens (tertiary/aromatic N) is 5. The lowest BCUT2D eigenvalue weighted by Gasteiger charge is -2.13. The summed E-state index contributed by atoms with van der Waals surface area (Å²) in [5, 5.41) is 14.0. The number of benzene rings is 1. The maximum Gasteiger partial charge on any atom is 0.261 e. The van der Waals surface area contributed by atoms with Gasteiger partial charge in [-0.15, -0.1) is 0 Å². The lowest BCUT2D eigenvalue weighted by molar-refractivity contribution is 0.0655. The fraction of sp³-hybridized carbons (Fsp3) is 0.182. The van der Waals surface area contributed by atoms with Gasteiger partial charge < -0.3 is 5.10 Å². The van der Waals surface area contributed by atoms with Crippen LogP contribution in [0, 0.1) is 0 Å². The Morgan fingerprint density at radius 1 is 1.11 bits per heavy atom. The Kier molecular flexibility index (Phi) is 2.36. The van der Waals surface area contributed by atoms with Gasteiger partial charge in [0.1, 0.15) is 0 Å². The maximum absolute atomic E-state index is 12.0. The van der Waals surface area contributed by atoms with E-state index in [0.717, 1.165) is 0 Å². The van der Waals surface area contributed by atoms with Gasteiger partial charge in [0.2, 0.25) is 0 Å². The van der Waals surface area contributed by atoms with Crippen molar-refractivity contribution >= 4 is 11.8 Å². The quantitative estimate of drug-likeness (QED) is 0.684. The zero-order chi connectivity index (χ0) is 12.5. The average molecular weight is 242 g/mol. The SMILES string of the molecule is O=C1c2ccccc2C(=O)N1CCc1nnn[n-]1. The van der Waals surface area contributed by atoms with Gasteiger partial charge >= 0.3 is 0 Å². The number of carbonyl (C=O) groups is 2. The second-order valence-electron chi connectivity index (χ2n) is 3.85. The summed E-state index contributed by atoms with van der Waals surface area (Å²) in [5.41, 5.74) is 0.893. The maximum atomic E-state index is 12.0. The Morgan fingerprint density at radius 3 is 2.33 bits per heavy atom. The highest BCUT2D eigenvalue weighted by molar-refractivity contribution is 6.21. The molecule has 1 aromatic heterocycles. The summed E-state index contributed by atoms with van der Waals surface area (Å²) in [6, 6.07) is 6.78. The predicted octanol–water partition coefficient (Wildman–Crippen LogP) is -0.333. The second-order valence-corrected chi connectivity index (χ2v) is 3.85. The Labute approximate surface area is 102 Å². The molecule has 0 fully saturated rings. The van der Waals surface area contributed by atoms with Crippen molar-refractivity contribution in [1.82, 2.24) is 25.5 Å². The van der Waals surface area contributed by atoms with Gasteiger partial charge in [-0.3, -0.25) is 24.8 Å². The summed E-state index contributed by atoms with van der Waals surface area (Å²) < 4.78 is 0. The molecule has 7 heteroatoms. The molecule has 3 rings (SSSR count). The van der Waals surface area contributed by atoms with Gasteiger partial charge in [-0.2, -0.15) is 5.21 Å². The van der Waals surface area contributed by atoms with Crippen LogP contribution in [-0.4, -0.2) is 38.8 Å². The highest BCUT2D eigenvalue weighted by Crippen LogP contribution is 2.22. The zero-order valence-electron chi connectivity index (χ0n) is 9.28. The van der Waals surface area contributed by atoms with Crippen LogP contribution in [0.3, 0.4) is 0 Å². The highest BCUT2D eigenvalue weighted by Gasteiger charge is 2.34. The van der Waals surface area contributed by atoms with Crippen molar-refractivity contribution in [2.24, 2.45) is 0 Å². The molecule has 18 heavy (non-hydrogen) atoms. The van der Waals surface area contributed by atoms with Gasteiger partial charge in [0.25, 0.3) is 11.8 Å². The number of fused-ring (bicyclic) bond motifs is 1. The van der Waals surface area contributed by atoms with Crippen molar-refractivity contribution in [1.29, 1.82) is 0 Å². The van der Waals surface area contributed by atoms with Crippen molar-refractivity contribution in [2.45, 2.75) is 6.42 Å². The number of hydrogen-bond donors (Lipinski definition) is 0. The molecule has 1 aliphatic rings. The van der Waals surface area contributed by atoms with E-state index in [1.807, 2.05) is 0 Å². The molecule has 0 aliphatic carbocycles. The van der Waals surface area contributed by atoms with Gasteiger partial charge in [0.15, 0.2) is 0 Å². The topological polar surface area (TPSA) is 90.2 Å². The van der Waals surface area contributed by atoms with E-state index in [-0.39, 0.29) is 18.4 Å². The minimum Gasteiger partial charge on any atom is -0.335 e. The van der Waals surface area contributed by atoms with Crippen LogP contribution in [0.4, 0.5) is 0 Å². The first-order chi connectivity index (χ1) is 8.77. The van der Waals surface area contributed by atoms with Crippen molar-refractivity contribution in [3.63, 3.8) is 0 Å². The number of amides is 2. The van der Waals surface area contributed by atoms with E-state index in [1.165, 1.54) is 4.90 Å². The normalized spacial score (nSPS) is 14.1. The van der Waals surface area contributed by atoms with Crippen LogP contribution in [0.25, 0.3) is 0 Å². The first kappa shape index (κ1) is 10.6. The Hall–Kier alpha value is -2.57. The number of rotatable bonds is 3. The fourth-order valence-corrected chi connectivity index (χ4v) is 1.92. The molecular formula is C11H8N5O2-. The van der Waals surface area contributed by atoms with Gasteiger partial charge in [-0.05, 0) is 18.6 Å². The molecule has 0 N–H and O–H groups in total. The van der Waals surface area contributed by atoms with Crippen LogP contribution in [-0.2, 0) is 6.42 Å². The molecule has 0 atom stereocenters. The molecule has 7 nitrogen and oxygen atoms in total. The van der Waals surface area contributed by atoms with Crippen LogP contribution < -0.4 is 5.10 Å². The van der Waals surface area contributed by atoms with E-state index < -0.39 is 0 Å². The van der Waals surface area contributed by atoms with Gasteiger partial charge in [0.05, 0.1) is 11.1 Å². The average Bonchev–Trinajstić information content (AvgIpc) is 2.98. The predicted molar refractivity (Wildman–Crippen MR) is 58.7 cm³/mol. The molecule has 0 unspecified atom stereocenters. The number of hydrogen-bond acceptors (Lipinski definition) is 5. The second kappa shape index (κ2) is 4.02. The van der Waals surface area contributed by atoms with E-state index in [0.29, 0.717) is 23.4 Å². The van der Waals surface area contributed by atoms with Crippen LogP contribution in [0.5, 0.6) is 0 Å². The summed E-state index contributed by atoms with van der Waals surface area (Å²) in [7, 11) is 0. The third kappa shape index (κ3) is 1.56. The largest absolute Gasteiger partial charge is 0.335 e. The standard InChI is InChI=1S/C11H8N5O2/c17-10-7-3-1-2-4-8(7)11(18)16(10)6-5-9-12-14-15-13-9/h1-4H,5-6H2/q-1. The summed E-state index contributed by atoms with van der Waals surface area (Å²) in [5.74, 6) is -0.127.